The van der Waals surface area contributed by atoms with Gasteiger partial charge in [-0.05, 0) is 37.3 Å². The van der Waals surface area contributed by atoms with Crippen molar-refractivity contribution in [3.63, 3.8) is 0 Å². The van der Waals surface area contributed by atoms with Gasteiger partial charge in [-0.1, -0.05) is 18.6 Å². The number of piperidine rings is 1. The summed E-state index contributed by atoms with van der Waals surface area (Å²) in [6.07, 6.45) is 8.50. The van der Waals surface area contributed by atoms with Crippen LogP contribution in [0.1, 0.15) is 31.1 Å². The normalized spacial score (nSPS) is 28.4. The van der Waals surface area contributed by atoms with E-state index in [4.69, 9.17) is 0 Å². The maximum atomic E-state index is 3.60. The molecule has 1 N–H and O–H groups in total. The summed E-state index contributed by atoms with van der Waals surface area (Å²) in [6.45, 7) is 2.27. The van der Waals surface area contributed by atoms with Gasteiger partial charge in [0.15, 0.2) is 0 Å². The van der Waals surface area contributed by atoms with Crippen LogP contribution in [0.3, 0.4) is 0 Å². The predicted molar refractivity (Wildman–Crippen MR) is 63.6 cm³/mol. The first kappa shape index (κ1) is 9.94. The summed E-state index contributed by atoms with van der Waals surface area (Å²) >= 11 is 1.80. The van der Waals surface area contributed by atoms with Crippen LogP contribution in [0.25, 0.3) is 6.08 Å². The number of hydrogen-bond donors (Lipinski definition) is 1. The number of rotatable bonds is 2. The van der Waals surface area contributed by atoms with Crippen LogP contribution in [0, 0.1) is 0 Å². The van der Waals surface area contributed by atoms with E-state index < -0.39 is 0 Å². The van der Waals surface area contributed by atoms with Gasteiger partial charge in [0.25, 0.3) is 0 Å². The molecule has 0 bridgehead atoms. The molecule has 2 rings (SSSR count). The summed E-state index contributed by atoms with van der Waals surface area (Å²) in [7, 11) is 0. The van der Waals surface area contributed by atoms with E-state index in [2.05, 4.69) is 41.9 Å². The van der Waals surface area contributed by atoms with Crippen molar-refractivity contribution in [3.8, 4) is 0 Å². The quantitative estimate of drug-likeness (QED) is 0.784. The fraction of sp³-hybridized carbons (Fsp3) is 0.500. The summed E-state index contributed by atoms with van der Waals surface area (Å²) in [4.78, 5) is 1.35. The van der Waals surface area contributed by atoms with E-state index in [1.54, 1.807) is 11.3 Å². The highest BCUT2D eigenvalue weighted by atomic mass is 32.1. The largest absolute Gasteiger partial charge is 0.308 e. The Morgan fingerprint density at radius 2 is 2.43 bits per heavy atom. The molecule has 14 heavy (non-hydrogen) atoms. The second-order valence-corrected chi connectivity index (χ2v) is 4.96. The molecule has 1 aromatic rings. The zero-order chi connectivity index (χ0) is 9.80. The molecule has 2 atom stereocenters. The lowest BCUT2D eigenvalue weighted by molar-refractivity contribution is 0.375. The minimum Gasteiger partial charge on any atom is -0.308 e. The van der Waals surface area contributed by atoms with Crippen LogP contribution in [0.2, 0.25) is 0 Å². The zero-order valence-electron chi connectivity index (χ0n) is 8.57. The van der Waals surface area contributed by atoms with E-state index in [-0.39, 0.29) is 0 Å². The van der Waals surface area contributed by atoms with Crippen molar-refractivity contribution in [2.75, 3.05) is 0 Å². The first-order chi connectivity index (χ1) is 6.84. The van der Waals surface area contributed by atoms with Crippen molar-refractivity contribution < 1.29 is 0 Å². The van der Waals surface area contributed by atoms with Gasteiger partial charge in [0.2, 0.25) is 0 Å². The Morgan fingerprint density at radius 1 is 1.50 bits per heavy atom. The van der Waals surface area contributed by atoms with Gasteiger partial charge in [-0.2, -0.15) is 0 Å². The first-order valence-electron chi connectivity index (χ1n) is 5.32. The Hall–Kier alpha value is -0.600. The number of nitrogens with one attached hydrogen (secondary N) is 1. The minimum atomic E-state index is 0.584. The third-order valence-electron chi connectivity index (χ3n) is 2.69. The highest BCUT2D eigenvalue weighted by Crippen LogP contribution is 2.16. The second-order valence-electron chi connectivity index (χ2n) is 3.98. The Bertz CT molecular complexity index is 289. The van der Waals surface area contributed by atoms with Crippen molar-refractivity contribution in [2.45, 2.75) is 38.3 Å². The van der Waals surface area contributed by atoms with Crippen molar-refractivity contribution >= 4 is 17.4 Å². The molecule has 0 radical (unpaired) electrons. The minimum absolute atomic E-state index is 0.584. The molecule has 76 valence electrons. The van der Waals surface area contributed by atoms with Gasteiger partial charge in [0, 0.05) is 17.0 Å². The van der Waals surface area contributed by atoms with E-state index in [9.17, 15) is 0 Å². The molecule has 1 fully saturated rings. The Labute approximate surface area is 89.8 Å². The Kier molecular flexibility index (Phi) is 3.38. The second kappa shape index (κ2) is 4.76. The van der Waals surface area contributed by atoms with Gasteiger partial charge < -0.3 is 5.32 Å². The third kappa shape index (κ3) is 2.69. The lowest BCUT2D eigenvalue weighted by Gasteiger charge is -2.26. The predicted octanol–water partition coefficient (Wildman–Crippen LogP) is 3.29. The molecule has 1 aliphatic rings. The number of hydrogen-bond acceptors (Lipinski definition) is 2. The topological polar surface area (TPSA) is 12.0 Å². The Morgan fingerprint density at radius 3 is 3.14 bits per heavy atom. The van der Waals surface area contributed by atoms with Crippen LogP contribution in [-0.2, 0) is 0 Å². The van der Waals surface area contributed by atoms with Gasteiger partial charge in [0.1, 0.15) is 0 Å². The van der Waals surface area contributed by atoms with Gasteiger partial charge in [-0.3, -0.25) is 0 Å². The molecule has 2 unspecified atom stereocenters. The van der Waals surface area contributed by atoms with Crippen LogP contribution >= 0.6 is 11.3 Å². The molecule has 2 heteroatoms. The van der Waals surface area contributed by atoms with E-state index in [1.807, 2.05) is 0 Å². The lowest BCUT2D eigenvalue weighted by Crippen LogP contribution is -2.39. The molecule has 0 amide bonds. The highest BCUT2D eigenvalue weighted by Gasteiger charge is 2.14. The molecule has 0 aromatic carbocycles. The van der Waals surface area contributed by atoms with Gasteiger partial charge in [-0.15, -0.1) is 11.3 Å². The van der Waals surface area contributed by atoms with Gasteiger partial charge >= 0.3 is 0 Å². The molecule has 0 saturated carbocycles. The summed E-state index contributed by atoms with van der Waals surface area (Å²) in [6, 6.07) is 5.52. The SMILES string of the molecule is CC1CCCC(/C=C/c2cccs2)N1. The van der Waals surface area contributed by atoms with E-state index in [0.717, 1.165) is 0 Å². The van der Waals surface area contributed by atoms with E-state index in [0.29, 0.717) is 12.1 Å². The molecule has 1 saturated heterocycles. The maximum Gasteiger partial charge on any atom is 0.0267 e. The summed E-state index contributed by atoms with van der Waals surface area (Å²) in [5, 5.41) is 5.72. The fourth-order valence-electron chi connectivity index (χ4n) is 1.92. The van der Waals surface area contributed by atoms with Crippen LogP contribution < -0.4 is 5.32 Å². The molecule has 2 heterocycles. The van der Waals surface area contributed by atoms with Crippen molar-refractivity contribution in [3.05, 3.63) is 28.5 Å². The highest BCUT2D eigenvalue weighted by molar-refractivity contribution is 7.10. The Balaban J connectivity index is 1.90. The fourth-order valence-corrected chi connectivity index (χ4v) is 2.55. The van der Waals surface area contributed by atoms with Crippen LogP contribution in [0.15, 0.2) is 23.6 Å². The van der Waals surface area contributed by atoms with Gasteiger partial charge in [0.05, 0.1) is 0 Å². The summed E-state index contributed by atoms with van der Waals surface area (Å²) < 4.78 is 0. The molecular formula is C12H17NS. The van der Waals surface area contributed by atoms with Gasteiger partial charge in [-0.25, -0.2) is 0 Å². The lowest BCUT2D eigenvalue weighted by atomic mass is 9.99. The third-order valence-corrected chi connectivity index (χ3v) is 3.52. The molecule has 0 spiro atoms. The molecule has 1 aromatic heterocycles. The molecule has 1 aliphatic heterocycles. The van der Waals surface area contributed by atoms with Crippen molar-refractivity contribution in [2.24, 2.45) is 0 Å². The number of thiophene rings is 1. The standard InChI is InChI=1S/C12H17NS/c1-10-4-2-5-11(13-10)7-8-12-6-3-9-14-12/h3,6-11,13H,2,4-5H2,1H3/b8-7+. The zero-order valence-corrected chi connectivity index (χ0v) is 9.39. The van der Waals surface area contributed by atoms with Crippen molar-refractivity contribution in [1.29, 1.82) is 0 Å². The smallest absolute Gasteiger partial charge is 0.0267 e. The average molecular weight is 207 g/mol. The van der Waals surface area contributed by atoms with Crippen LogP contribution in [0.5, 0.6) is 0 Å². The van der Waals surface area contributed by atoms with E-state index >= 15 is 0 Å². The van der Waals surface area contributed by atoms with E-state index in [1.165, 1.54) is 24.1 Å². The maximum absolute atomic E-state index is 3.60. The first-order valence-corrected chi connectivity index (χ1v) is 6.20. The van der Waals surface area contributed by atoms with Crippen LogP contribution in [-0.4, -0.2) is 12.1 Å². The van der Waals surface area contributed by atoms with Crippen LogP contribution in [0.4, 0.5) is 0 Å². The molecular weight excluding hydrogens is 190 g/mol. The monoisotopic (exact) mass is 207 g/mol. The molecule has 1 nitrogen and oxygen atoms in total. The summed E-state index contributed by atoms with van der Waals surface area (Å²) in [5.41, 5.74) is 0. The average Bonchev–Trinajstić information content (AvgIpc) is 2.67. The van der Waals surface area contributed by atoms with Crippen molar-refractivity contribution in [1.82, 2.24) is 5.32 Å². The summed E-state index contributed by atoms with van der Waals surface area (Å²) in [5.74, 6) is 0. The molecule has 0 aliphatic carbocycles.